The maximum absolute atomic E-state index is 2.50. The summed E-state index contributed by atoms with van der Waals surface area (Å²) in [6.45, 7) is 14.4. The first-order valence-electron chi connectivity index (χ1n) is 9.43. The SMILES string of the molecule is Cc1cc2c(cc1C)C(C)(C)C(C)CCC(C)CCCCC2. The third kappa shape index (κ3) is 3.94. The molecule has 2 rings (SSSR count). The molecule has 0 fully saturated rings. The van der Waals surface area contributed by atoms with Crippen LogP contribution in [0.5, 0.6) is 0 Å². The minimum Gasteiger partial charge on any atom is -0.0625 e. The summed E-state index contributed by atoms with van der Waals surface area (Å²) < 4.78 is 0. The molecule has 0 heterocycles. The lowest BCUT2D eigenvalue weighted by atomic mass is 9.69. The molecular weight excluding hydrogens is 264 g/mol. The zero-order chi connectivity index (χ0) is 16.3. The molecule has 0 spiro atoms. The number of fused-ring (bicyclic) bond motifs is 1. The van der Waals surface area contributed by atoms with Gasteiger partial charge in [-0.15, -0.1) is 0 Å². The van der Waals surface area contributed by atoms with Crippen LogP contribution in [0.3, 0.4) is 0 Å². The highest BCUT2D eigenvalue weighted by atomic mass is 14.3. The van der Waals surface area contributed by atoms with Crippen LogP contribution >= 0.6 is 0 Å². The van der Waals surface area contributed by atoms with Crippen molar-refractivity contribution >= 4 is 0 Å². The fourth-order valence-corrected chi connectivity index (χ4v) is 3.97. The van der Waals surface area contributed by atoms with Crippen LogP contribution in [0, 0.1) is 25.7 Å². The van der Waals surface area contributed by atoms with Gasteiger partial charge in [-0.2, -0.15) is 0 Å². The van der Waals surface area contributed by atoms with E-state index in [4.69, 9.17) is 0 Å². The summed E-state index contributed by atoms with van der Waals surface area (Å²) in [4.78, 5) is 0. The van der Waals surface area contributed by atoms with Gasteiger partial charge in [-0.25, -0.2) is 0 Å². The molecule has 22 heavy (non-hydrogen) atoms. The Morgan fingerprint density at radius 1 is 0.864 bits per heavy atom. The topological polar surface area (TPSA) is 0 Å². The molecule has 0 saturated carbocycles. The first-order chi connectivity index (χ1) is 10.3. The Hall–Kier alpha value is -0.780. The molecule has 0 radical (unpaired) electrons. The Bertz CT molecular complexity index is 495. The monoisotopic (exact) mass is 300 g/mol. The van der Waals surface area contributed by atoms with Crippen molar-refractivity contribution < 1.29 is 0 Å². The van der Waals surface area contributed by atoms with Crippen molar-refractivity contribution in [3.05, 3.63) is 34.4 Å². The van der Waals surface area contributed by atoms with Gasteiger partial charge in [0.25, 0.3) is 0 Å². The van der Waals surface area contributed by atoms with Crippen LogP contribution in [-0.2, 0) is 11.8 Å². The van der Waals surface area contributed by atoms with E-state index in [1.54, 1.807) is 11.1 Å². The highest BCUT2D eigenvalue weighted by Gasteiger charge is 2.30. The lowest BCUT2D eigenvalue weighted by molar-refractivity contribution is 0.289. The van der Waals surface area contributed by atoms with Crippen LogP contribution in [0.1, 0.15) is 88.5 Å². The van der Waals surface area contributed by atoms with E-state index in [0.717, 1.165) is 11.8 Å². The number of benzene rings is 1. The Kier molecular flexibility index (Phi) is 5.75. The smallest absolute Gasteiger partial charge is 0.00751 e. The standard InChI is InChI=1S/C22H36/c1-16-10-8-7-9-11-20-14-17(2)18(3)15-21(20)22(5,6)19(4)13-12-16/h14-16,19H,7-13H2,1-6H3. The van der Waals surface area contributed by atoms with Crippen molar-refractivity contribution in [1.29, 1.82) is 0 Å². The fraction of sp³-hybridized carbons (Fsp3) is 0.727. The highest BCUT2D eigenvalue weighted by molar-refractivity contribution is 5.41. The van der Waals surface area contributed by atoms with E-state index >= 15 is 0 Å². The molecule has 0 aromatic heterocycles. The molecule has 0 amide bonds. The number of hydrogen-bond donors (Lipinski definition) is 0. The average Bonchev–Trinajstić information content (AvgIpc) is 2.46. The first-order valence-corrected chi connectivity index (χ1v) is 9.43. The minimum atomic E-state index is 0.284. The van der Waals surface area contributed by atoms with Gasteiger partial charge in [0.1, 0.15) is 0 Å². The molecule has 1 aromatic carbocycles. The van der Waals surface area contributed by atoms with Gasteiger partial charge in [0.15, 0.2) is 0 Å². The van der Waals surface area contributed by atoms with E-state index < -0.39 is 0 Å². The van der Waals surface area contributed by atoms with Crippen LogP contribution in [0.25, 0.3) is 0 Å². The van der Waals surface area contributed by atoms with Crippen molar-refractivity contribution in [2.75, 3.05) is 0 Å². The molecule has 0 heteroatoms. The Morgan fingerprint density at radius 3 is 2.27 bits per heavy atom. The van der Waals surface area contributed by atoms with Gasteiger partial charge in [-0.3, -0.25) is 0 Å². The first kappa shape index (κ1) is 17.6. The summed E-state index contributed by atoms with van der Waals surface area (Å²) in [5.41, 5.74) is 6.44. The third-order valence-corrected chi connectivity index (χ3v) is 6.38. The molecule has 0 saturated heterocycles. The van der Waals surface area contributed by atoms with Crippen molar-refractivity contribution in [2.24, 2.45) is 11.8 Å². The summed E-state index contributed by atoms with van der Waals surface area (Å²) in [6.07, 6.45) is 9.61. The zero-order valence-corrected chi connectivity index (χ0v) is 15.8. The van der Waals surface area contributed by atoms with Gasteiger partial charge in [-0.1, -0.05) is 65.5 Å². The second kappa shape index (κ2) is 7.20. The van der Waals surface area contributed by atoms with E-state index in [1.807, 2.05) is 0 Å². The lowest BCUT2D eigenvalue weighted by Crippen LogP contribution is -2.29. The van der Waals surface area contributed by atoms with Crippen molar-refractivity contribution in [3.63, 3.8) is 0 Å². The maximum Gasteiger partial charge on any atom is -0.00751 e. The minimum absolute atomic E-state index is 0.284. The van der Waals surface area contributed by atoms with Crippen molar-refractivity contribution in [2.45, 2.75) is 91.9 Å². The predicted octanol–water partition coefficient (Wildman–Crippen LogP) is 6.75. The van der Waals surface area contributed by atoms with E-state index in [1.165, 1.54) is 56.1 Å². The average molecular weight is 301 g/mol. The fourth-order valence-electron chi connectivity index (χ4n) is 3.97. The Balaban J connectivity index is 2.39. The van der Waals surface area contributed by atoms with E-state index in [2.05, 4.69) is 53.7 Å². The van der Waals surface area contributed by atoms with E-state index in [9.17, 15) is 0 Å². The van der Waals surface area contributed by atoms with Gasteiger partial charge >= 0.3 is 0 Å². The maximum atomic E-state index is 2.50. The van der Waals surface area contributed by atoms with Crippen molar-refractivity contribution in [3.8, 4) is 0 Å². The van der Waals surface area contributed by atoms with Gasteiger partial charge in [-0.05, 0) is 72.6 Å². The van der Waals surface area contributed by atoms with E-state index in [-0.39, 0.29) is 5.41 Å². The van der Waals surface area contributed by atoms with Gasteiger partial charge < -0.3 is 0 Å². The van der Waals surface area contributed by atoms with Crippen LogP contribution in [0.4, 0.5) is 0 Å². The van der Waals surface area contributed by atoms with Crippen LogP contribution in [0.2, 0.25) is 0 Å². The molecule has 124 valence electrons. The molecular formula is C22H36. The molecule has 1 aliphatic carbocycles. The molecule has 0 bridgehead atoms. The summed E-state index contributed by atoms with van der Waals surface area (Å²) in [5, 5.41) is 0. The zero-order valence-electron chi connectivity index (χ0n) is 15.8. The van der Waals surface area contributed by atoms with Gasteiger partial charge in [0, 0.05) is 0 Å². The largest absolute Gasteiger partial charge is 0.0625 e. The van der Waals surface area contributed by atoms with Crippen LogP contribution in [-0.4, -0.2) is 0 Å². The molecule has 1 aromatic rings. The third-order valence-electron chi connectivity index (χ3n) is 6.38. The second-order valence-electron chi connectivity index (χ2n) is 8.50. The molecule has 2 atom stereocenters. The normalized spacial score (nSPS) is 26.6. The molecule has 0 aliphatic heterocycles. The molecule has 0 nitrogen and oxygen atoms in total. The van der Waals surface area contributed by atoms with Gasteiger partial charge in [0.05, 0.1) is 0 Å². The predicted molar refractivity (Wildman–Crippen MR) is 98.7 cm³/mol. The lowest BCUT2D eigenvalue weighted by Gasteiger charge is -2.36. The summed E-state index contributed by atoms with van der Waals surface area (Å²) in [5.74, 6) is 1.65. The summed E-state index contributed by atoms with van der Waals surface area (Å²) in [6, 6.07) is 4.98. The summed E-state index contributed by atoms with van der Waals surface area (Å²) in [7, 11) is 0. The second-order valence-corrected chi connectivity index (χ2v) is 8.50. The quantitative estimate of drug-likeness (QED) is 0.497. The van der Waals surface area contributed by atoms with Crippen molar-refractivity contribution in [1.82, 2.24) is 0 Å². The van der Waals surface area contributed by atoms with E-state index in [0.29, 0.717) is 0 Å². The molecule has 2 unspecified atom stereocenters. The summed E-state index contributed by atoms with van der Waals surface area (Å²) >= 11 is 0. The Morgan fingerprint density at radius 2 is 1.55 bits per heavy atom. The number of hydrogen-bond acceptors (Lipinski definition) is 0. The highest BCUT2D eigenvalue weighted by Crippen LogP contribution is 2.39. The van der Waals surface area contributed by atoms with Crippen LogP contribution < -0.4 is 0 Å². The molecule has 0 N–H and O–H groups in total. The number of aryl methyl sites for hydroxylation is 3. The molecule has 1 aliphatic rings. The number of rotatable bonds is 0. The Labute approximate surface area is 138 Å². The van der Waals surface area contributed by atoms with Gasteiger partial charge in [0.2, 0.25) is 0 Å². The van der Waals surface area contributed by atoms with Crippen LogP contribution in [0.15, 0.2) is 12.1 Å².